The molecule has 2 rings (SSSR count). The van der Waals surface area contributed by atoms with Gasteiger partial charge in [0.15, 0.2) is 0 Å². The number of hydrogen-bond acceptors (Lipinski definition) is 2. The van der Waals surface area contributed by atoms with Gasteiger partial charge in [-0.15, -0.1) is 0 Å². The topological polar surface area (TPSA) is 49.3 Å². The molecule has 80 valence electrons. The van der Waals surface area contributed by atoms with Crippen molar-refractivity contribution in [2.75, 3.05) is 6.61 Å². The van der Waals surface area contributed by atoms with Crippen LogP contribution in [-0.2, 0) is 4.79 Å². The van der Waals surface area contributed by atoms with Crippen LogP contribution in [0.4, 0.5) is 0 Å². The molecule has 0 heterocycles. The lowest BCUT2D eigenvalue weighted by Crippen LogP contribution is -2.57. The summed E-state index contributed by atoms with van der Waals surface area (Å²) in [4.78, 5) is 11.8. The van der Waals surface area contributed by atoms with Crippen LogP contribution in [-0.4, -0.2) is 23.2 Å². The summed E-state index contributed by atoms with van der Waals surface area (Å²) in [5.74, 6) is 0.881. The molecule has 3 nitrogen and oxygen atoms in total. The second kappa shape index (κ2) is 3.54. The lowest BCUT2D eigenvalue weighted by atomic mass is 9.77. The fourth-order valence-corrected chi connectivity index (χ4v) is 2.11. The molecule has 0 aliphatic heterocycles. The standard InChI is InChI=1S/C11H19NO2/c1-8(9-3-4-9)10(14)12-11(7-13)5-2-6-11/h8-9,13H,2-7H2,1H3,(H,12,14). The van der Waals surface area contributed by atoms with Crippen molar-refractivity contribution in [1.82, 2.24) is 5.32 Å². The van der Waals surface area contributed by atoms with Crippen LogP contribution in [0.5, 0.6) is 0 Å². The van der Waals surface area contributed by atoms with Crippen LogP contribution in [0, 0.1) is 11.8 Å². The molecule has 0 aromatic carbocycles. The molecule has 0 radical (unpaired) electrons. The molecule has 2 fully saturated rings. The molecule has 0 saturated heterocycles. The van der Waals surface area contributed by atoms with E-state index in [0.29, 0.717) is 5.92 Å². The van der Waals surface area contributed by atoms with Gasteiger partial charge in [-0.25, -0.2) is 0 Å². The highest BCUT2D eigenvalue weighted by Crippen LogP contribution is 2.38. The third-order valence-electron chi connectivity index (χ3n) is 3.74. The van der Waals surface area contributed by atoms with Gasteiger partial charge in [-0.3, -0.25) is 4.79 Å². The summed E-state index contributed by atoms with van der Waals surface area (Å²) in [5, 5.41) is 12.2. The highest BCUT2D eigenvalue weighted by molar-refractivity contribution is 5.79. The van der Waals surface area contributed by atoms with Gasteiger partial charge in [0.1, 0.15) is 0 Å². The molecule has 0 bridgehead atoms. The van der Waals surface area contributed by atoms with Crippen molar-refractivity contribution in [3.63, 3.8) is 0 Å². The Kier molecular flexibility index (Phi) is 2.52. The molecule has 0 aromatic heterocycles. The average molecular weight is 197 g/mol. The Balaban J connectivity index is 1.86. The minimum atomic E-state index is -0.264. The summed E-state index contributed by atoms with van der Waals surface area (Å²) in [7, 11) is 0. The maximum absolute atomic E-state index is 11.8. The fraction of sp³-hybridized carbons (Fsp3) is 0.909. The molecule has 2 N–H and O–H groups in total. The normalized spacial score (nSPS) is 26.4. The van der Waals surface area contributed by atoms with Crippen LogP contribution >= 0.6 is 0 Å². The lowest BCUT2D eigenvalue weighted by Gasteiger charge is -2.41. The van der Waals surface area contributed by atoms with Gasteiger partial charge in [-0.1, -0.05) is 6.92 Å². The monoisotopic (exact) mass is 197 g/mol. The smallest absolute Gasteiger partial charge is 0.223 e. The number of amides is 1. The van der Waals surface area contributed by atoms with Crippen molar-refractivity contribution in [2.24, 2.45) is 11.8 Å². The Morgan fingerprint density at radius 2 is 2.21 bits per heavy atom. The molecular formula is C11H19NO2. The highest BCUT2D eigenvalue weighted by Gasteiger charge is 2.40. The summed E-state index contributed by atoms with van der Waals surface area (Å²) in [6.07, 6.45) is 5.39. The molecule has 0 spiro atoms. The quantitative estimate of drug-likeness (QED) is 0.708. The van der Waals surface area contributed by atoms with E-state index in [-0.39, 0.29) is 24.0 Å². The summed E-state index contributed by atoms with van der Waals surface area (Å²) in [5.41, 5.74) is -0.264. The Bertz CT molecular complexity index is 226. The van der Waals surface area contributed by atoms with Crippen molar-refractivity contribution in [2.45, 2.75) is 44.6 Å². The zero-order chi connectivity index (χ0) is 10.2. The van der Waals surface area contributed by atoms with Gasteiger partial charge in [0.2, 0.25) is 5.91 Å². The summed E-state index contributed by atoms with van der Waals surface area (Å²) >= 11 is 0. The van der Waals surface area contributed by atoms with Crippen molar-refractivity contribution in [3.05, 3.63) is 0 Å². The Labute approximate surface area is 84.9 Å². The highest BCUT2D eigenvalue weighted by atomic mass is 16.3. The predicted molar refractivity (Wildman–Crippen MR) is 53.7 cm³/mol. The Morgan fingerprint density at radius 1 is 1.57 bits per heavy atom. The molecule has 1 amide bonds. The van der Waals surface area contributed by atoms with E-state index >= 15 is 0 Å². The van der Waals surface area contributed by atoms with Crippen molar-refractivity contribution >= 4 is 5.91 Å². The second-order valence-corrected chi connectivity index (χ2v) is 4.91. The van der Waals surface area contributed by atoms with Gasteiger partial charge in [0, 0.05) is 5.92 Å². The van der Waals surface area contributed by atoms with Crippen LogP contribution in [0.1, 0.15) is 39.0 Å². The number of carbonyl (C=O) groups excluding carboxylic acids is 1. The van der Waals surface area contributed by atoms with Crippen LogP contribution < -0.4 is 5.32 Å². The molecule has 1 unspecified atom stereocenters. The number of rotatable bonds is 4. The van der Waals surface area contributed by atoms with Gasteiger partial charge in [0.05, 0.1) is 12.1 Å². The summed E-state index contributed by atoms with van der Waals surface area (Å²) in [6, 6.07) is 0. The number of aliphatic hydroxyl groups excluding tert-OH is 1. The Hall–Kier alpha value is -0.570. The summed E-state index contributed by atoms with van der Waals surface area (Å²) in [6.45, 7) is 2.09. The largest absolute Gasteiger partial charge is 0.394 e. The average Bonchev–Trinajstić information content (AvgIpc) is 2.92. The number of aliphatic hydroxyl groups is 1. The number of carbonyl (C=O) groups is 1. The van der Waals surface area contributed by atoms with Crippen molar-refractivity contribution in [3.8, 4) is 0 Å². The molecule has 3 heteroatoms. The first-order valence-corrected chi connectivity index (χ1v) is 5.60. The van der Waals surface area contributed by atoms with E-state index in [9.17, 15) is 9.90 Å². The Morgan fingerprint density at radius 3 is 2.57 bits per heavy atom. The number of nitrogens with one attached hydrogen (secondary N) is 1. The van der Waals surface area contributed by atoms with Crippen LogP contribution in [0.15, 0.2) is 0 Å². The van der Waals surface area contributed by atoms with Crippen LogP contribution in [0.3, 0.4) is 0 Å². The molecule has 2 aliphatic rings. The molecule has 0 aromatic rings. The summed E-state index contributed by atoms with van der Waals surface area (Å²) < 4.78 is 0. The predicted octanol–water partition coefficient (Wildman–Crippen LogP) is 1.06. The van der Waals surface area contributed by atoms with Gasteiger partial charge >= 0.3 is 0 Å². The first kappa shape index (κ1) is 9.97. The molecule has 14 heavy (non-hydrogen) atoms. The lowest BCUT2D eigenvalue weighted by molar-refractivity contribution is -0.129. The first-order valence-electron chi connectivity index (χ1n) is 5.60. The molecule has 2 aliphatic carbocycles. The van der Waals surface area contributed by atoms with E-state index in [1.54, 1.807) is 0 Å². The zero-order valence-corrected chi connectivity index (χ0v) is 8.75. The van der Waals surface area contributed by atoms with Gasteiger partial charge in [-0.05, 0) is 38.0 Å². The third kappa shape index (κ3) is 1.78. The van der Waals surface area contributed by atoms with E-state index in [2.05, 4.69) is 5.32 Å². The van der Waals surface area contributed by atoms with Gasteiger partial charge in [0.25, 0.3) is 0 Å². The van der Waals surface area contributed by atoms with Crippen LogP contribution in [0.2, 0.25) is 0 Å². The molecular weight excluding hydrogens is 178 g/mol. The van der Waals surface area contributed by atoms with E-state index in [4.69, 9.17) is 0 Å². The minimum absolute atomic E-state index is 0.0934. The maximum atomic E-state index is 11.8. The fourth-order valence-electron chi connectivity index (χ4n) is 2.11. The van der Waals surface area contributed by atoms with Crippen LogP contribution in [0.25, 0.3) is 0 Å². The SMILES string of the molecule is CC(C(=O)NC1(CO)CCC1)C1CC1. The van der Waals surface area contributed by atoms with Crippen molar-refractivity contribution in [1.29, 1.82) is 0 Å². The minimum Gasteiger partial charge on any atom is -0.394 e. The second-order valence-electron chi connectivity index (χ2n) is 4.91. The molecule has 1 atom stereocenters. The zero-order valence-electron chi connectivity index (χ0n) is 8.75. The maximum Gasteiger partial charge on any atom is 0.223 e. The van der Waals surface area contributed by atoms with Gasteiger partial charge in [-0.2, -0.15) is 0 Å². The number of hydrogen-bond donors (Lipinski definition) is 2. The van der Waals surface area contributed by atoms with E-state index in [1.807, 2.05) is 6.92 Å². The van der Waals surface area contributed by atoms with E-state index in [1.165, 1.54) is 12.8 Å². The first-order chi connectivity index (χ1) is 6.67. The van der Waals surface area contributed by atoms with Gasteiger partial charge < -0.3 is 10.4 Å². The third-order valence-corrected chi connectivity index (χ3v) is 3.74. The van der Waals surface area contributed by atoms with Crippen molar-refractivity contribution < 1.29 is 9.90 Å². The van der Waals surface area contributed by atoms with E-state index in [0.717, 1.165) is 19.3 Å². The van der Waals surface area contributed by atoms with E-state index < -0.39 is 0 Å². The molecule has 2 saturated carbocycles.